The van der Waals surface area contributed by atoms with Gasteiger partial charge in [0.15, 0.2) is 11.6 Å². The van der Waals surface area contributed by atoms with Gasteiger partial charge in [-0.2, -0.15) is 0 Å². The Kier molecular flexibility index (Phi) is 5.64. The molecule has 1 atom stereocenters. The van der Waals surface area contributed by atoms with E-state index < -0.39 is 11.6 Å². The summed E-state index contributed by atoms with van der Waals surface area (Å²) >= 11 is 0. The summed E-state index contributed by atoms with van der Waals surface area (Å²) in [5.41, 5.74) is 1.70. The second-order valence-corrected chi connectivity index (χ2v) is 5.38. The molecule has 0 spiro atoms. The summed E-state index contributed by atoms with van der Waals surface area (Å²) in [5, 5.41) is 2.81. The van der Waals surface area contributed by atoms with Crippen LogP contribution in [0, 0.1) is 11.6 Å². The van der Waals surface area contributed by atoms with Gasteiger partial charge in [0.1, 0.15) is 0 Å². The van der Waals surface area contributed by atoms with E-state index in [9.17, 15) is 13.6 Å². The van der Waals surface area contributed by atoms with Crippen LogP contribution in [0.25, 0.3) is 0 Å². The highest BCUT2D eigenvalue weighted by molar-refractivity contribution is 5.78. The molecule has 2 rings (SSSR count). The SMILES string of the molecule is CC(CCNC(=O)Cc1ccc(F)c(F)c1)c1ccccc1. The molecule has 0 saturated carbocycles. The third-order valence-corrected chi connectivity index (χ3v) is 3.62. The van der Waals surface area contributed by atoms with Gasteiger partial charge in [0, 0.05) is 6.54 Å². The fourth-order valence-electron chi connectivity index (χ4n) is 2.27. The summed E-state index contributed by atoms with van der Waals surface area (Å²) in [7, 11) is 0. The lowest BCUT2D eigenvalue weighted by Gasteiger charge is -2.12. The molecule has 1 amide bonds. The Labute approximate surface area is 129 Å². The number of hydrogen-bond acceptors (Lipinski definition) is 1. The van der Waals surface area contributed by atoms with Crippen molar-refractivity contribution in [2.24, 2.45) is 0 Å². The van der Waals surface area contributed by atoms with Gasteiger partial charge in [0.05, 0.1) is 6.42 Å². The van der Waals surface area contributed by atoms with E-state index >= 15 is 0 Å². The smallest absolute Gasteiger partial charge is 0.224 e. The summed E-state index contributed by atoms with van der Waals surface area (Å²) in [6.07, 6.45) is 0.879. The van der Waals surface area contributed by atoms with E-state index in [1.165, 1.54) is 11.6 Å². The monoisotopic (exact) mass is 303 g/mol. The minimum absolute atomic E-state index is 0.0525. The number of halogens is 2. The Morgan fingerprint density at radius 1 is 1.09 bits per heavy atom. The van der Waals surface area contributed by atoms with E-state index in [0.29, 0.717) is 18.0 Å². The van der Waals surface area contributed by atoms with E-state index in [1.807, 2.05) is 18.2 Å². The maximum atomic E-state index is 13.1. The number of rotatable bonds is 6. The predicted molar refractivity (Wildman–Crippen MR) is 82.5 cm³/mol. The van der Waals surface area contributed by atoms with Crippen molar-refractivity contribution in [3.63, 3.8) is 0 Å². The van der Waals surface area contributed by atoms with Crippen LogP contribution < -0.4 is 5.32 Å². The molecule has 0 aliphatic carbocycles. The topological polar surface area (TPSA) is 29.1 Å². The molecule has 0 bridgehead atoms. The minimum Gasteiger partial charge on any atom is -0.356 e. The number of carbonyl (C=O) groups is 1. The largest absolute Gasteiger partial charge is 0.356 e. The third kappa shape index (κ3) is 4.65. The fourth-order valence-corrected chi connectivity index (χ4v) is 2.27. The number of carbonyl (C=O) groups excluding carboxylic acids is 1. The first-order valence-corrected chi connectivity index (χ1v) is 7.32. The van der Waals surface area contributed by atoms with E-state index in [-0.39, 0.29) is 12.3 Å². The highest BCUT2D eigenvalue weighted by Gasteiger charge is 2.08. The summed E-state index contributed by atoms with van der Waals surface area (Å²) in [6, 6.07) is 13.6. The quantitative estimate of drug-likeness (QED) is 0.863. The average molecular weight is 303 g/mol. The average Bonchev–Trinajstić information content (AvgIpc) is 2.51. The molecule has 0 aromatic heterocycles. The second-order valence-electron chi connectivity index (χ2n) is 5.38. The summed E-state index contributed by atoms with van der Waals surface area (Å²) in [4.78, 5) is 11.8. The standard InChI is InChI=1S/C18H19F2NO/c1-13(15-5-3-2-4-6-15)9-10-21-18(22)12-14-7-8-16(19)17(20)11-14/h2-8,11,13H,9-10,12H2,1H3,(H,21,22). The zero-order valence-corrected chi connectivity index (χ0v) is 12.5. The molecular formula is C18H19F2NO. The first-order chi connectivity index (χ1) is 10.6. The normalized spacial score (nSPS) is 12.0. The Morgan fingerprint density at radius 3 is 2.50 bits per heavy atom. The summed E-state index contributed by atoms with van der Waals surface area (Å²) in [6.45, 7) is 2.66. The van der Waals surface area contributed by atoms with Crippen LogP contribution in [0.1, 0.15) is 30.4 Å². The van der Waals surface area contributed by atoms with Crippen molar-refractivity contribution in [2.45, 2.75) is 25.7 Å². The number of hydrogen-bond donors (Lipinski definition) is 1. The lowest BCUT2D eigenvalue weighted by atomic mass is 9.98. The molecule has 0 fully saturated rings. The molecule has 2 aromatic carbocycles. The van der Waals surface area contributed by atoms with Gasteiger partial charge in [-0.1, -0.05) is 43.3 Å². The zero-order valence-electron chi connectivity index (χ0n) is 12.5. The number of amides is 1. The Bertz CT molecular complexity index is 628. The first-order valence-electron chi connectivity index (χ1n) is 7.32. The number of benzene rings is 2. The van der Waals surface area contributed by atoms with Crippen molar-refractivity contribution in [3.05, 3.63) is 71.3 Å². The van der Waals surface area contributed by atoms with Crippen molar-refractivity contribution in [2.75, 3.05) is 6.54 Å². The molecule has 0 aliphatic heterocycles. The third-order valence-electron chi connectivity index (χ3n) is 3.62. The highest BCUT2D eigenvalue weighted by Crippen LogP contribution is 2.17. The van der Waals surface area contributed by atoms with Crippen LogP contribution in [0.5, 0.6) is 0 Å². The van der Waals surface area contributed by atoms with E-state index in [4.69, 9.17) is 0 Å². The van der Waals surface area contributed by atoms with Crippen molar-refractivity contribution in [3.8, 4) is 0 Å². The molecule has 0 heterocycles. The Balaban J connectivity index is 1.77. The van der Waals surface area contributed by atoms with Gasteiger partial charge >= 0.3 is 0 Å². The van der Waals surface area contributed by atoms with Crippen LogP contribution >= 0.6 is 0 Å². The Morgan fingerprint density at radius 2 is 1.82 bits per heavy atom. The van der Waals surface area contributed by atoms with Crippen LogP contribution in [0.15, 0.2) is 48.5 Å². The zero-order chi connectivity index (χ0) is 15.9. The lowest BCUT2D eigenvalue weighted by Crippen LogP contribution is -2.27. The molecule has 22 heavy (non-hydrogen) atoms. The molecular weight excluding hydrogens is 284 g/mol. The van der Waals surface area contributed by atoms with Gasteiger partial charge in [-0.15, -0.1) is 0 Å². The fraction of sp³-hybridized carbons (Fsp3) is 0.278. The van der Waals surface area contributed by atoms with E-state index in [2.05, 4.69) is 24.4 Å². The maximum absolute atomic E-state index is 13.1. The number of nitrogens with one attached hydrogen (secondary N) is 1. The van der Waals surface area contributed by atoms with Gasteiger partial charge in [0.2, 0.25) is 5.91 Å². The minimum atomic E-state index is -0.928. The molecule has 1 unspecified atom stereocenters. The van der Waals surface area contributed by atoms with Crippen LogP contribution in [0.2, 0.25) is 0 Å². The molecule has 0 saturated heterocycles. The lowest BCUT2D eigenvalue weighted by molar-refractivity contribution is -0.120. The Hall–Kier alpha value is -2.23. The van der Waals surface area contributed by atoms with E-state index in [0.717, 1.165) is 18.6 Å². The van der Waals surface area contributed by atoms with Crippen LogP contribution in [0.4, 0.5) is 8.78 Å². The summed E-state index contributed by atoms with van der Waals surface area (Å²) < 4.78 is 25.9. The van der Waals surface area contributed by atoms with Gasteiger partial charge < -0.3 is 5.32 Å². The van der Waals surface area contributed by atoms with Gasteiger partial charge in [0.25, 0.3) is 0 Å². The van der Waals surface area contributed by atoms with Gasteiger partial charge in [-0.25, -0.2) is 8.78 Å². The van der Waals surface area contributed by atoms with Crippen molar-refractivity contribution in [1.29, 1.82) is 0 Å². The predicted octanol–water partition coefficient (Wildman–Crippen LogP) is 3.82. The molecule has 116 valence electrons. The molecule has 2 nitrogen and oxygen atoms in total. The molecule has 4 heteroatoms. The van der Waals surface area contributed by atoms with Gasteiger partial charge in [-0.3, -0.25) is 4.79 Å². The van der Waals surface area contributed by atoms with Crippen LogP contribution in [-0.2, 0) is 11.2 Å². The van der Waals surface area contributed by atoms with Crippen molar-refractivity contribution < 1.29 is 13.6 Å². The maximum Gasteiger partial charge on any atom is 0.224 e. The van der Waals surface area contributed by atoms with E-state index in [1.54, 1.807) is 0 Å². The van der Waals surface area contributed by atoms with Crippen molar-refractivity contribution in [1.82, 2.24) is 5.32 Å². The van der Waals surface area contributed by atoms with Crippen molar-refractivity contribution >= 4 is 5.91 Å². The molecule has 0 aliphatic rings. The molecule has 2 aromatic rings. The summed E-state index contributed by atoms with van der Waals surface area (Å²) in [5.74, 6) is -1.67. The second kappa shape index (κ2) is 7.69. The first kappa shape index (κ1) is 16.1. The molecule has 0 radical (unpaired) electrons. The highest BCUT2D eigenvalue weighted by atomic mass is 19.2. The van der Waals surface area contributed by atoms with Gasteiger partial charge in [-0.05, 0) is 35.6 Å². The van der Waals surface area contributed by atoms with Crippen LogP contribution in [0.3, 0.4) is 0 Å². The van der Waals surface area contributed by atoms with Crippen LogP contribution in [-0.4, -0.2) is 12.5 Å². The molecule has 1 N–H and O–H groups in total.